The topological polar surface area (TPSA) is 62.1 Å². The Bertz CT molecular complexity index is 630. The summed E-state index contributed by atoms with van der Waals surface area (Å²) in [4.78, 5) is 12.2. The monoisotopic (exact) mass is 280 g/mol. The number of para-hydroxylation sites is 1. The standard InChI is InChI=1S/C17H16N2O2/c1-2-21-17(20)16(19-15-6-4-3-5-7-15)14-10-8-13(12-18)9-11-14/h3-11,16,19H,2H2,1H3/t16-/m0/s1. The van der Waals surface area contributed by atoms with Crippen molar-refractivity contribution in [3.63, 3.8) is 0 Å². The highest BCUT2D eigenvalue weighted by atomic mass is 16.5. The van der Waals surface area contributed by atoms with Gasteiger partial charge in [-0.05, 0) is 36.8 Å². The largest absolute Gasteiger partial charge is 0.464 e. The molecule has 2 aromatic rings. The van der Waals surface area contributed by atoms with Crippen LogP contribution in [0.15, 0.2) is 54.6 Å². The van der Waals surface area contributed by atoms with Gasteiger partial charge in [-0.15, -0.1) is 0 Å². The van der Waals surface area contributed by atoms with Crippen molar-refractivity contribution >= 4 is 11.7 Å². The highest BCUT2D eigenvalue weighted by Crippen LogP contribution is 2.21. The molecule has 21 heavy (non-hydrogen) atoms. The lowest BCUT2D eigenvalue weighted by molar-refractivity contribution is -0.144. The molecule has 0 aliphatic rings. The van der Waals surface area contributed by atoms with Crippen LogP contribution in [-0.2, 0) is 9.53 Å². The third-order valence-electron chi connectivity index (χ3n) is 2.98. The molecule has 1 N–H and O–H groups in total. The molecule has 0 unspecified atom stereocenters. The molecule has 4 heteroatoms. The third kappa shape index (κ3) is 3.83. The molecule has 0 aliphatic heterocycles. The fourth-order valence-corrected chi connectivity index (χ4v) is 1.96. The number of nitriles is 1. The molecule has 0 radical (unpaired) electrons. The van der Waals surface area contributed by atoms with Crippen molar-refractivity contribution < 1.29 is 9.53 Å². The smallest absolute Gasteiger partial charge is 0.333 e. The van der Waals surface area contributed by atoms with Gasteiger partial charge in [-0.2, -0.15) is 5.26 Å². The molecule has 0 bridgehead atoms. The average molecular weight is 280 g/mol. The molecule has 0 spiro atoms. The number of carbonyl (C=O) groups excluding carboxylic acids is 1. The van der Waals surface area contributed by atoms with E-state index < -0.39 is 6.04 Å². The second-order valence-electron chi connectivity index (χ2n) is 4.43. The molecule has 0 aromatic heterocycles. The maximum absolute atomic E-state index is 12.2. The Morgan fingerprint density at radius 1 is 1.19 bits per heavy atom. The Kier molecular flexibility index (Phi) is 4.94. The van der Waals surface area contributed by atoms with Gasteiger partial charge >= 0.3 is 5.97 Å². The lowest BCUT2D eigenvalue weighted by Crippen LogP contribution is -2.23. The molecule has 0 aliphatic carbocycles. The maximum atomic E-state index is 12.2. The van der Waals surface area contributed by atoms with E-state index >= 15 is 0 Å². The predicted octanol–water partition coefficient (Wildman–Crippen LogP) is 3.27. The number of nitrogens with zero attached hydrogens (tertiary/aromatic N) is 1. The van der Waals surface area contributed by atoms with Crippen molar-refractivity contribution in [1.29, 1.82) is 5.26 Å². The molecule has 0 heterocycles. The summed E-state index contributed by atoms with van der Waals surface area (Å²) in [5.41, 5.74) is 2.15. The molecule has 106 valence electrons. The van der Waals surface area contributed by atoms with Crippen LogP contribution in [0.2, 0.25) is 0 Å². The number of ether oxygens (including phenoxy) is 1. The molecule has 0 fully saturated rings. The number of esters is 1. The van der Waals surface area contributed by atoms with E-state index in [0.29, 0.717) is 12.2 Å². The van der Waals surface area contributed by atoms with Gasteiger partial charge in [0.2, 0.25) is 0 Å². The molecule has 0 saturated carbocycles. The lowest BCUT2D eigenvalue weighted by atomic mass is 10.0. The SMILES string of the molecule is CCOC(=O)[C@@H](Nc1ccccc1)c1ccc(C#N)cc1. The Morgan fingerprint density at radius 2 is 1.86 bits per heavy atom. The fraction of sp³-hybridized carbons (Fsp3) is 0.176. The van der Waals surface area contributed by atoms with Crippen molar-refractivity contribution in [3.05, 3.63) is 65.7 Å². The van der Waals surface area contributed by atoms with Gasteiger partial charge < -0.3 is 10.1 Å². The van der Waals surface area contributed by atoms with Gasteiger partial charge in [0, 0.05) is 5.69 Å². The Balaban J connectivity index is 2.27. The predicted molar refractivity (Wildman–Crippen MR) is 80.6 cm³/mol. The third-order valence-corrected chi connectivity index (χ3v) is 2.98. The average Bonchev–Trinajstić information content (AvgIpc) is 2.54. The van der Waals surface area contributed by atoms with Gasteiger partial charge in [0.1, 0.15) is 0 Å². The summed E-state index contributed by atoms with van der Waals surface area (Å²) in [6, 6.07) is 17.8. The van der Waals surface area contributed by atoms with Crippen molar-refractivity contribution in [3.8, 4) is 6.07 Å². The van der Waals surface area contributed by atoms with Gasteiger partial charge in [-0.3, -0.25) is 0 Å². The minimum Gasteiger partial charge on any atom is -0.464 e. The summed E-state index contributed by atoms with van der Waals surface area (Å²) in [6.07, 6.45) is 0. The summed E-state index contributed by atoms with van der Waals surface area (Å²) < 4.78 is 5.12. The summed E-state index contributed by atoms with van der Waals surface area (Å²) in [7, 11) is 0. The Labute approximate surface area is 124 Å². The summed E-state index contributed by atoms with van der Waals surface area (Å²) >= 11 is 0. The number of hydrogen-bond acceptors (Lipinski definition) is 4. The van der Waals surface area contributed by atoms with Crippen LogP contribution in [0.1, 0.15) is 24.1 Å². The minimum atomic E-state index is -0.597. The van der Waals surface area contributed by atoms with Crippen LogP contribution in [0.5, 0.6) is 0 Å². The molecule has 2 rings (SSSR count). The van der Waals surface area contributed by atoms with Crippen LogP contribution in [0, 0.1) is 11.3 Å². The maximum Gasteiger partial charge on any atom is 0.333 e. The molecule has 4 nitrogen and oxygen atoms in total. The van der Waals surface area contributed by atoms with Crippen LogP contribution in [-0.4, -0.2) is 12.6 Å². The molecular formula is C17H16N2O2. The number of benzene rings is 2. The van der Waals surface area contributed by atoms with Crippen molar-refractivity contribution in [1.82, 2.24) is 0 Å². The van der Waals surface area contributed by atoms with Gasteiger partial charge in [0.05, 0.1) is 18.2 Å². The highest BCUT2D eigenvalue weighted by molar-refractivity contribution is 5.81. The van der Waals surface area contributed by atoms with E-state index in [-0.39, 0.29) is 5.97 Å². The van der Waals surface area contributed by atoms with Crippen molar-refractivity contribution in [2.45, 2.75) is 13.0 Å². The van der Waals surface area contributed by atoms with Crippen molar-refractivity contribution in [2.24, 2.45) is 0 Å². The second kappa shape index (κ2) is 7.11. The quantitative estimate of drug-likeness (QED) is 0.854. The molecule has 0 amide bonds. The summed E-state index contributed by atoms with van der Waals surface area (Å²) in [5.74, 6) is -0.342. The number of nitrogens with one attached hydrogen (secondary N) is 1. The number of anilines is 1. The lowest BCUT2D eigenvalue weighted by Gasteiger charge is -2.18. The number of rotatable bonds is 5. The van der Waals surface area contributed by atoms with E-state index in [1.807, 2.05) is 30.3 Å². The van der Waals surface area contributed by atoms with Crippen LogP contribution < -0.4 is 5.32 Å². The highest BCUT2D eigenvalue weighted by Gasteiger charge is 2.21. The van der Waals surface area contributed by atoms with Crippen molar-refractivity contribution in [2.75, 3.05) is 11.9 Å². The Hall–Kier alpha value is -2.80. The first kappa shape index (κ1) is 14.6. The van der Waals surface area contributed by atoms with Gasteiger partial charge in [0.15, 0.2) is 6.04 Å². The molecular weight excluding hydrogens is 264 g/mol. The summed E-state index contributed by atoms with van der Waals surface area (Å²) in [5, 5.41) is 12.0. The molecule has 0 saturated heterocycles. The minimum absolute atomic E-state index is 0.322. The zero-order valence-corrected chi connectivity index (χ0v) is 11.7. The zero-order chi connectivity index (χ0) is 15.1. The Morgan fingerprint density at radius 3 is 2.43 bits per heavy atom. The normalized spacial score (nSPS) is 11.2. The van der Waals surface area contributed by atoms with E-state index in [9.17, 15) is 4.79 Å². The van der Waals surface area contributed by atoms with E-state index in [4.69, 9.17) is 10.00 Å². The fourth-order valence-electron chi connectivity index (χ4n) is 1.96. The number of hydrogen-bond donors (Lipinski definition) is 1. The first-order valence-electron chi connectivity index (χ1n) is 6.73. The van der Waals surface area contributed by atoms with E-state index in [1.54, 1.807) is 31.2 Å². The molecule has 1 atom stereocenters. The first-order valence-corrected chi connectivity index (χ1v) is 6.73. The van der Waals surface area contributed by atoms with E-state index in [0.717, 1.165) is 11.3 Å². The van der Waals surface area contributed by atoms with Crippen LogP contribution in [0.3, 0.4) is 0 Å². The zero-order valence-electron chi connectivity index (χ0n) is 11.7. The number of carbonyl (C=O) groups is 1. The van der Waals surface area contributed by atoms with E-state index in [1.165, 1.54) is 0 Å². The van der Waals surface area contributed by atoms with Crippen LogP contribution in [0.25, 0.3) is 0 Å². The van der Waals surface area contributed by atoms with Gasteiger partial charge in [-0.25, -0.2) is 4.79 Å². The van der Waals surface area contributed by atoms with E-state index in [2.05, 4.69) is 11.4 Å². The molecule has 2 aromatic carbocycles. The van der Waals surface area contributed by atoms with Gasteiger partial charge in [0.25, 0.3) is 0 Å². The van der Waals surface area contributed by atoms with Gasteiger partial charge in [-0.1, -0.05) is 30.3 Å². The second-order valence-corrected chi connectivity index (χ2v) is 4.43. The first-order chi connectivity index (χ1) is 10.2. The van der Waals surface area contributed by atoms with Crippen LogP contribution in [0.4, 0.5) is 5.69 Å². The van der Waals surface area contributed by atoms with Crippen LogP contribution >= 0.6 is 0 Å². The summed E-state index contributed by atoms with van der Waals surface area (Å²) in [6.45, 7) is 2.10.